The Balaban J connectivity index is 1.25. The van der Waals surface area contributed by atoms with Gasteiger partial charge in [0.05, 0.1) is 10.6 Å². The molecule has 2 saturated heterocycles. The van der Waals surface area contributed by atoms with E-state index in [2.05, 4.69) is 28.9 Å². The number of rotatable bonds is 4. The van der Waals surface area contributed by atoms with Gasteiger partial charge in [0.2, 0.25) is 5.91 Å². The minimum Gasteiger partial charge on any atom is -0.390 e. The van der Waals surface area contributed by atoms with E-state index in [0.717, 1.165) is 53.6 Å². The number of aliphatic hydroxyl groups is 1. The van der Waals surface area contributed by atoms with Gasteiger partial charge in [-0.05, 0) is 79.9 Å². The fraction of sp³-hybridized carbons (Fsp3) is 0.625. The third-order valence-corrected chi connectivity index (χ3v) is 8.47. The molecule has 1 amide bonds. The van der Waals surface area contributed by atoms with Crippen molar-refractivity contribution in [3.05, 3.63) is 34.5 Å². The first-order valence-corrected chi connectivity index (χ1v) is 11.6. The van der Waals surface area contributed by atoms with Crippen LogP contribution in [-0.2, 0) is 4.79 Å². The van der Waals surface area contributed by atoms with E-state index in [9.17, 15) is 9.90 Å². The predicted octanol–water partition coefficient (Wildman–Crippen LogP) is 5.10. The number of nitrogens with one attached hydrogen (secondary N) is 1. The smallest absolute Gasteiger partial charge is 0.223 e. The van der Waals surface area contributed by atoms with Crippen molar-refractivity contribution in [1.29, 1.82) is 0 Å². The number of aromatic amines is 1. The average Bonchev–Trinajstić information content (AvgIpc) is 3.38. The maximum Gasteiger partial charge on any atom is 0.223 e. The van der Waals surface area contributed by atoms with Gasteiger partial charge in [-0.1, -0.05) is 24.6 Å². The number of fused-ring (bicyclic) bond motifs is 1. The van der Waals surface area contributed by atoms with Crippen LogP contribution < -0.4 is 0 Å². The molecule has 4 bridgehead atoms. The van der Waals surface area contributed by atoms with E-state index in [1.54, 1.807) is 0 Å². The maximum absolute atomic E-state index is 13.4. The summed E-state index contributed by atoms with van der Waals surface area (Å²) in [4.78, 5) is 18.9. The first-order valence-electron chi connectivity index (χ1n) is 11.2. The van der Waals surface area contributed by atoms with Crippen LogP contribution in [0.15, 0.2) is 18.3 Å². The van der Waals surface area contributed by atoms with Gasteiger partial charge in [-0.3, -0.25) is 4.79 Å². The van der Waals surface area contributed by atoms with Crippen LogP contribution >= 0.6 is 11.6 Å². The Morgan fingerprint density at radius 1 is 1.28 bits per heavy atom. The highest BCUT2D eigenvalue weighted by Gasteiger charge is 2.54. The van der Waals surface area contributed by atoms with E-state index in [0.29, 0.717) is 18.3 Å². The molecule has 5 aliphatic rings. The molecule has 3 unspecified atom stereocenters. The number of piperidine rings is 2. The van der Waals surface area contributed by atoms with E-state index < -0.39 is 5.60 Å². The number of nitrogens with zero attached hydrogens (tertiary/aromatic N) is 1. The lowest BCUT2D eigenvalue weighted by Crippen LogP contribution is -2.65. The molecule has 3 atom stereocenters. The van der Waals surface area contributed by atoms with Gasteiger partial charge in [-0.15, -0.1) is 0 Å². The number of halogens is 1. The Hall–Kier alpha value is -1.52. The lowest BCUT2D eigenvalue weighted by Gasteiger charge is -2.59. The van der Waals surface area contributed by atoms with E-state index in [4.69, 9.17) is 11.6 Å². The highest BCUT2D eigenvalue weighted by Crippen LogP contribution is 2.52. The molecule has 4 nitrogen and oxygen atoms in total. The quantitative estimate of drug-likeness (QED) is 0.734. The molecule has 5 fully saturated rings. The van der Waals surface area contributed by atoms with Crippen molar-refractivity contribution in [2.45, 2.75) is 87.8 Å². The standard InChI is InChI=1S/C24H29ClN2O2/c1-13(19-12-26-20-5-4-18(15-2-3-15)23(25)22(19)20)6-21(28)27-16-7-14-8-17(27)11-24(29,9-14)10-16/h4-5,12-17,26,29H,2-3,6-11H2,1H3. The van der Waals surface area contributed by atoms with Crippen LogP contribution in [0.1, 0.15) is 81.3 Å². The summed E-state index contributed by atoms with van der Waals surface area (Å²) in [5, 5.41) is 12.8. The predicted molar refractivity (Wildman–Crippen MR) is 114 cm³/mol. The van der Waals surface area contributed by atoms with Crippen LogP contribution in [0.25, 0.3) is 10.9 Å². The van der Waals surface area contributed by atoms with Crippen LogP contribution in [0.5, 0.6) is 0 Å². The molecule has 29 heavy (non-hydrogen) atoms. The zero-order valence-electron chi connectivity index (χ0n) is 17.0. The van der Waals surface area contributed by atoms with Crippen molar-refractivity contribution >= 4 is 28.4 Å². The van der Waals surface area contributed by atoms with Crippen LogP contribution in [0.2, 0.25) is 5.02 Å². The molecule has 7 rings (SSSR count). The Labute approximate surface area is 176 Å². The average molecular weight is 413 g/mol. The Bertz CT molecular complexity index is 978. The second-order valence-corrected chi connectivity index (χ2v) is 10.7. The van der Waals surface area contributed by atoms with Gasteiger partial charge in [0.15, 0.2) is 0 Å². The normalized spacial score (nSPS) is 34.2. The number of carbonyl (C=O) groups is 1. The van der Waals surface area contributed by atoms with Gasteiger partial charge in [0, 0.05) is 35.6 Å². The summed E-state index contributed by atoms with van der Waals surface area (Å²) in [6.45, 7) is 2.14. The minimum atomic E-state index is -0.511. The number of benzene rings is 1. The van der Waals surface area contributed by atoms with E-state index in [-0.39, 0.29) is 23.9 Å². The Kier molecular flexibility index (Phi) is 3.93. The second kappa shape index (κ2) is 6.24. The van der Waals surface area contributed by atoms with Crippen LogP contribution in [-0.4, -0.2) is 38.6 Å². The fourth-order valence-corrected chi connectivity index (χ4v) is 7.22. The monoisotopic (exact) mass is 412 g/mol. The van der Waals surface area contributed by atoms with Crippen LogP contribution in [0, 0.1) is 5.92 Å². The van der Waals surface area contributed by atoms with Crippen LogP contribution in [0.3, 0.4) is 0 Å². The fourth-order valence-electron chi connectivity index (χ4n) is 6.79. The number of aromatic nitrogens is 1. The molecule has 1 aromatic heterocycles. The van der Waals surface area contributed by atoms with E-state index in [1.165, 1.54) is 18.4 Å². The first kappa shape index (κ1) is 18.3. The largest absolute Gasteiger partial charge is 0.390 e. The van der Waals surface area contributed by atoms with E-state index in [1.807, 2.05) is 6.20 Å². The summed E-state index contributed by atoms with van der Waals surface area (Å²) in [7, 11) is 0. The highest BCUT2D eigenvalue weighted by atomic mass is 35.5. The number of H-pyrrole nitrogens is 1. The number of amides is 1. The minimum absolute atomic E-state index is 0.114. The Morgan fingerprint density at radius 3 is 2.66 bits per heavy atom. The molecular formula is C24H29ClN2O2. The molecular weight excluding hydrogens is 384 g/mol. The molecule has 0 radical (unpaired) electrons. The van der Waals surface area contributed by atoms with Gasteiger partial charge in [-0.25, -0.2) is 0 Å². The topological polar surface area (TPSA) is 56.3 Å². The van der Waals surface area contributed by atoms with E-state index >= 15 is 0 Å². The molecule has 3 aliphatic carbocycles. The third-order valence-electron chi connectivity index (χ3n) is 8.06. The molecule has 2 aromatic rings. The lowest BCUT2D eigenvalue weighted by molar-refractivity contribution is -0.174. The van der Waals surface area contributed by atoms with Crippen LogP contribution in [0.4, 0.5) is 0 Å². The third kappa shape index (κ3) is 2.86. The van der Waals surface area contributed by atoms with Crippen molar-refractivity contribution in [2.75, 3.05) is 0 Å². The molecule has 3 heterocycles. The lowest BCUT2D eigenvalue weighted by atomic mass is 9.61. The number of hydrogen-bond donors (Lipinski definition) is 2. The SMILES string of the molecule is CC(CC(=O)N1C2CC3CC1CC(O)(C3)C2)c1c[nH]c2ccc(C3CC3)c(Cl)c12. The molecule has 1 aromatic carbocycles. The molecule has 0 spiro atoms. The zero-order chi connectivity index (χ0) is 19.9. The summed E-state index contributed by atoms with van der Waals surface area (Å²) in [6.07, 6.45) is 9.62. The zero-order valence-corrected chi connectivity index (χ0v) is 17.7. The van der Waals surface area contributed by atoms with Crippen molar-refractivity contribution in [2.24, 2.45) is 5.92 Å². The summed E-state index contributed by atoms with van der Waals surface area (Å²) in [6, 6.07) is 4.76. The van der Waals surface area contributed by atoms with Crippen molar-refractivity contribution in [1.82, 2.24) is 9.88 Å². The Morgan fingerprint density at radius 2 is 2.00 bits per heavy atom. The van der Waals surface area contributed by atoms with Crippen molar-refractivity contribution in [3.8, 4) is 0 Å². The summed E-state index contributed by atoms with van der Waals surface area (Å²) < 4.78 is 0. The summed E-state index contributed by atoms with van der Waals surface area (Å²) in [5.41, 5.74) is 2.97. The van der Waals surface area contributed by atoms with Gasteiger partial charge >= 0.3 is 0 Å². The molecule has 2 N–H and O–H groups in total. The van der Waals surface area contributed by atoms with Gasteiger partial charge in [-0.2, -0.15) is 0 Å². The van der Waals surface area contributed by atoms with Gasteiger partial charge < -0.3 is 15.0 Å². The molecule has 5 heteroatoms. The molecule has 154 valence electrons. The summed E-state index contributed by atoms with van der Waals surface area (Å²) >= 11 is 6.82. The molecule has 3 saturated carbocycles. The molecule has 2 aliphatic heterocycles. The van der Waals surface area contributed by atoms with Crippen molar-refractivity contribution in [3.63, 3.8) is 0 Å². The van der Waals surface area contributed by atoms with Gasteiger partial charge in [0.1, 0.15) is 0 Å². The van der Waals surface area contributed by atoms with Crippen molar-refractivity contribution < 1.29 is 9.90 Å². The highest BCUT2D eigenvalue weighted by molar-refractivity contribution is 6.36. The number of carbonyl (C=O) groups excluding carboxylic acids is 1. The summed E-state index contributed by atoms with van der Waals surface area (Å²) in [5.74, 6) is 1.57. The van der Waals surface area contributed by atoms with Gasteiger partial charge in [0.25, 0.3) is 0 Å². The first-order chi connectivity index (χ1) is 13.9. The maximum atomic E-state index is 13.4. The second-order valence-electron chi connectivity index (χ2n) is 10.3. The number of hydrogen-bond acceptors (Lipinski definition) is 2.